The van der Waals surface area contributed by atoms with Crippen LogP contribution in [0.25, 0.3) is 0 Å². The number of anilines is 2. The summed E-state index contributed by atoms with van der Waals surface area (Å²) in [6, 6.07) is 11.8. The first kappa shape index (κ1) is 13.7. The van der Waals surface area contributed by atoms with Crippen LogP contribution in [0, 0.1) is 6.92 Å². The number of fused-ring (bicyclic) bond motifs is 1. The molecule has 0 aromatic heterocycles. The van der Waals surface area contributed by atoms with Crippen LogP contribution in [0.1, 0.15) is 39.9 Å². The van der Waals surface area contributed by atoms with Crippen LogP contribution in [0.5, 0.6) is 0 Å². The quantitative estimate of drug-likeness (QED) is 0.881. The van der Waals surface area contributed by atoms with Gasteiger partial charge in [-0.3, -0.25) is 0 Å². The van der Waals surface area contributed by atoms with E-state index in [1.807, 2.05) is 19.1 Å². The van der Waals surface area contributed by atoms with Crippen molar-refractivity contribution in [3.8, 4) is 0 Å². The van der Waals surface area contributed by atoms with Gasteiger partial charge in [0.25, 0.3) is 0 Å². The van der Waals surface area contributed by atoms with E-state index in [1.165, 1.54) is 24.0 Å². The van der Waals surface area contributed by atoms with Gasteiger partial charge in [-0.1, -0.05) is 12.1 Å². The lowest BCUT2D eigenvalue weighted by Crippen LogP contribution is -2.06. The van der Waals surface area contributed by atoms with Crippen LogP contribution < -0.4 is 5.32 Å². The first-order valence-electron chi connectivity index (χ1n) is 7.37. The molecule has 2 aromatic rings. The average Bonchev–Trinajstić information content (AvgIpc) is 2.47. The molecule has 0 saturated heterocycles. The SMILES string of the molecule is Cc1cc(Nc2cccc3c2CCCC3)ccc1C(=O)O. The van der Waals surface area contributed by atoms with Crippen LogP contribution in [0.3, 0.4) is 0 Å². The van der Waals surface area contributed by atoms with Crippen molar-refractivity contribution in [1.82, 2.24) is 0 Å². The zero-order chi connectivity index (χ0) is 14.8. The number of hydrogen-bond donors (Lipinski definition) is 2. The predicted molar refractivity (Wildman–Crippen MR) is 84.5 cm³/mol. The fourth-order valence-corrected chi connectivity index (χ4v) is 3.04. The fraction of sp³-hybridized carbons (Fsp3) is 0.278. The minimum absolute atomic E-state index is 0.357. The van der Waals surface area contributed by atoms with E-state index in [-0.39, 0.29) is 0 Å². The summed E-state index contributed by atoms with van der Waals surface area (Å²) in [6.45, 7) is 1.83. The maximum absolute atomic E-state index is 11.1. The molecule has 1 aliphatic rings. The maximum Gasteiger partial charge on any atom is 0.335 e. The molecule has 21 heavy (non-hydrogen) atoms. The Labute approximate surface area is 124 Å². The second-order valence-electron chi connectivity index (χ2n) is 5.61. The van der Waals surface area contributed by atoms with Crippen molar-refractivity contribution in [3.63, 3.8) is 0 Å². The van der Waals surface area contributed by atoms with Crippen molar-refractivity contribution >= 4 is 17.3 Å². The molecule has 0 amide bonds. The molecule has 3 nitrogen and oxygen atoms in total. The molecule has 0 atom stereocenters. The summed E-state index contributed by atoms with van der Waals surface area (Å²) in [4.78, 5) is 11.1. The van der Waals surface area contributed by atoms with Crippen molar-refractivity contribution in [2.24, 2.45) is 0 Å². The van der Waals surface area contributed by atoms with Crippen LogP contribution in [0.15, 0.2) is 36.4 Å². The zero-order valence-corrected chi connectivity index (χ0v) is 12.1. The van der Waals surface area contributed by atoms with Gasteiger partial charge in [-0.2, -0.15) is 0 Å². The van der Waals surface area contributed by atoms with Crippen molar-refractivity contribution in [1.29, 1.82) is 0 Å². The second-order valence-corrected chi connectivity index (χ2v) is 5.61. The summed E-state index contributed by atoms with van der Waals surface area (Å²) in [5, 5.41) is 12.5. The Kier molecular flexibility index (Phi) is 3.65. The summed E-state index contributed by atoms with van der Waals surface area (Å²) in [6.07, 6.45) is 4.78. The van der Waals surface area contributed by atoms with Gasteiger partial charge in [0.15, 0.2) is 0 Å². The highest BCUT2D eigenvalue weighted by molar-refractivity contribution is 5.90. The molecule has 0 spiro atoms. The molecule has 2 aromatic carbocycles. The van der Waals surface area contributed by atoms with Gasteiger partial charge in [-0.25, -0.2) is 4.79 Å². The zero-order valence-electron chi connectivity index (χ0n) is 12.1. The molecule has 3 rings (SSSR count). The van der Waals surface area contributed by atoms with Crippen LogP contribution in [-0.2, 0) is 12.8 Å². The number of hydrogen-bond acceptors (Lipinski definition) is 2. The molecule has 1 aliphatic carbocycles. The molecule has 108 valence electrons. The third-order valence-corrected chi connectivity index (χ3v) is 4.13. The third kappa shape index (κ3) is 2.77. The topological polar surface area (TPSA) is 49.3 Å². The van der Waals surface area contributed by atoms with E-state index in [2.05, 4.69) is 23.5 Å². The van der Waals surface area contributed by atoms with Crippen molar-refractivity contribution < 1.29 is 9.90 Å². The van der Waals surface area contributed by atoms with E-state index in [9.17, 15) is 4.79 Å². The Hall–Kier alpha value is -2.29. The molecule has 0 saturated carbocycles. The Morgan fingerprint density at radius 1 is 1.14 bits per heavy atom. The smallest absolute Gasteiger partial charge is 0.335 e. The molecular formula is C18H19NO2. The summed E-state index contributed by atoms with van der Waals surface area (Å²) in [7, 11) is 0. The number of carboxylic acid groups (broad SMARTS) is 1. The molecule has 2 N–H and O–H groups in total. The Balaban J connectivity index is 1.91. The Morgan fingerprint density at radius 2 is 1.95 bits per heavy atom. The number of aromatic carboxylic acids is 1. The van der Waals surface area contributed by atoms with Crippen LogP contribution in [0.2, 0.25) is 0 Å². The summed E-state index contributed by atoms with van der Waals surface area (Å²) in [5.41, 5.74) is 6.06. The number of carbonyl (C=O) groups is 1. The predicted octanol–water partition coefficient (Wildman–Crippen LogP) is 4.32. The Morgan fingerprint density at radius 3 is 2.71 bits per heavy atom. The lowest BCUT2D eigenvalue weighted by molar-refractivity contribution is 0.0696. The monoisotopic (exact) mass is 281 g/mol. The highest BCUT2D eigenvalue weighted by Crippen LogP contribution is 2.30. The summed E-state index contributed by atoms with van der Waals surface area (Å²) in [5.74, 6) is -0.879. The van der Waals surface area contributed by atoms with Crippen molar-refractivity contribution in [2.75, 3.05) is 5.32 Å². The van der Waals surface area contributed by atoms with E-state index in [1.54, 1.807) is 6.07 Å². The molecule has 3 heteroatoms. The largest absolute Gasteiger partial charge is 0.478 e. The molecular weight excluding hydrogens is 262 g/mol. The summed E-state index contributed by atoms with van der Waals surface area (Å²) >= 11 is 0. The summed E-state index contributed by atoms with van der Waals surface area (Å²) < 4.78 is 0. The fourth-order valence-electron chi connectivity index (χ4n) is 3.04. The number of benzene rings is 2. The van der Waals surface area contributed by atoms with E-state index in [0.29, 0.717) is 5.56 Å². The van der Waals surface area contributed by atoms with Gasteiger partial charge in [0.1, 0.15) is 0 Å². The third-order valence-electron chi connectivity index (χ3n) is 4.13. The van der Waals surface area contributed by atoms with Gasteiger partial charge in [0, 0.05) is 11.4 Å². The van der Waals surface area contributed by atoms with Gasteiger partial charge in [0.2, 0.25) is 0 Å². The van der Waals surface area contributed by atoms with Gasteiger partial charge in [0.05, 0.1) is 5.56 Å². The van der Waals surface area contributed by atoms with E-state index in [0.717, 1.165) is 29.8 Å². The Bertz CT molecular complexity index is 692. The van der Waals surface area contributed by atoms with Crippen LogP contribution in [0.4, 0.5) is 11.4 Å². The minimum Gasteiger partial charge on any atom is -0.478 e. The number of aryl methyl sites for hydroxylation is 2. The molecule has 0 aliphatic heterocycles. The molecule has 0 radical (unpaired) electrons. The van der Waals surface area contributed by atoms with E-state index >= 15 is 0 Å². The first-order chi connectivity index (χ1) is 10.1. The van der Waals surface area contributed by atoms with Gasteiger partial charge in [-0.15, -0.1) is 0 Å². The molecule has 0 fully saturated rings. The van der Waals surface area contributed by atoms with E-state index in [4.69, 9.17) is 5.11 Å². The average molecular weight is 281 g/mol. The van der Waals surface area contributed by atoms with Gasteiger partial charge < -0.3 is 10.4 Å². The van der Waals surface area contributed by atoms with Crippen LogP contribution >= 0.6 is 0 Å². The van der Waals surface area contributed by atoms with Crippen molar-refractivity contribution in [2.45, 2.75) is 32.6 Å². The van der Waals surface area contributed by atoms with E-state index < -0.39 is 5.97 Å². The number of carboxylic acids is 1. The highest BCUT2D eigenvalue weighted by atomic mass is 16.4. The molecule has 0 unspecified atom stereocenters. The highest BCUT2D eigenvalue weighted by Gasteiger charge is 2.13. The second kappa shape index (κ2) is 5.60. The molecule has 0 heterocycles. The number of nitrogens with one attached hydrogen (secondary N) is 1. The minimum atomic E-state index is -0.879. The standard InChI is InChI=1S/C18H19NO2/c1-12-11-14(9-10-15(12)18(20)21)19-17-8-4-6-13-5-2-3-7-16(13)17/h4,6,8-11,19H,2-3,5,7H2,1H3,(H,20,21). The van der Waals surface area contributed by atoms with Crippen LogP contribution in [-0.4, -0.2) is 11.1 Å². The maximum atomic E-state index is 11.1. The van der Waals surface area contributed by atoms with Gasteiger partial charge in [-0.05, 0) is 73.6 Å². The molecule has 0 bridgehead atoms. The first-order valence-corrected chi connectivity index (χ1v) is 7.37. The lowest BCUT2D eigenvalue weighted by atomic mass is 9.90. The van der Waals surface area contributed by atoms with Gasteiger partial charge >= 0.3 is 5.97 Å². The van der Waals surface area contributed by atoms with Crippen molar-refractivity contribution in [3.05, 3.63) is 58.7 Å². The number of rotatable bonds is 3. The lowest BCUT2D eigenvalue weighted by Gasteiger charge is -2.20. The normalized spacial score (nSPS) is 13.6.